The van der Waals surface area contributed by atoms with E-state index in [1.807, 2.05) is 0 Å². The Balaban J connectivity index is 4.15. The van der Waals surface area contributed by atoms with E-state index in [0.717, 1.165) is 37.5 Å². The first-order valence-electron chi connectivity index (χ1n) is 5.79. The maximum Gasteiger partial charge on any atom is 0.145 e. The van der Waals surface area contributed by atoms with E-state index < -0.39 is 0 Å². The number of aldehydes is 1. The minimum absolute atomic E-state index is 0.586. The van der Waals surface area contributed by atoms with E-state index in [2.05, 4.69) is 33.8 Å². The van der Waals surface area contributed by atoms with Gasteiger partial charge in [-0.2, -0.15) is 0 Å². The summed E-state index contributed by atoms with van der Waals surface area (Å²) in [5.74, 6) is 1.27. The lowest BCUT2D eigenvalue weighted by Crippen LogP contribution is -1.97. The van der Waals surface area contributed by atoms with Crippen LogP contribution in [0.2, 0.25) is 0 Å². The average Bonchev–Trinajstić information content (AvgIpc) is 2.18. The molecular formula is C13H24O. The molecule has 0 rings (SSSR count). The van der Waals surface area contributed by atoms with Crippen molar-refractivity contribution in [3.8, 4) is 0 Å². The molecular weight excluding hydrogens is 172 g/mol. The first-order valence-corrected chi connectivity index (χ1v) is 5.79. The highest BCUT2D eigenvalue weighted by molar-refractivity contribution is 5.73. The van der Waals surface area contributed by atoms with Crippen LogP contribution in [0.3, 0.4) is 0 Å². The quantitative estimate of drug-likeness (QED) is 0.444. The van der Waals surface area contributed by atoms with Crippen LogP contribution in [0.5, 0.6) is 0 Å². The zero-order valence-corrected chi connectivity index (χ0v) is 10.0. The predicted molar refractivity (Wildman–Crippen MR) is 62.3 cm³/mol. The highest BCUT2D eigenvalue weighted by Crippen LogP contribution is 2.16. The lowest BCUT2D eigenvalue weighted by molar-refractivity contribution is -0.105. The summed E-state index contributed by atoms with van der Waals surface area (Å²) in [7, 11) is 0. The number of hydrogen-bond donors (Lipinski definition) is 0. The molecule has 0 aliphatic heterocycles. The molecule has 0 aromatic heterocycles. The lowest BCUT2D eigenvalue weighted by atomic mass is 9.96. The fourth-order valence-electron chi connectivity index (χ4n) is 1.46. The molecule has 0 amide bonds. The van der Waals surface area contributed by atoms with Gasteiger partial charge in [0.25, 0.3) is 0 Å². The van der Waals surface area contributed by atoms with Crippen molar-refractivity contribution < 1.29 is 4.79 Å². The molecule has 0 aromatic rings. The second-order valence-corrected chi connectivity index (χ2v) is 4.37. The maximum atomic E-state index is 10.8. The fraction of sp³-hybridized carbons (Fsp3) is 0.769. The van der Waals surface area contributed by atoms with Crippen LogP contribution in [-0.2, 0) is 4.79 Å². The van der Waals surface area contributed by atoms with E-state index in [9.17, 15) is 4.79 Å². The molecule has 0 bridgehead atoms. The van der Waals surface area contributed by atoms with E-state index in [4.69, 9.17) is 0 Å². The summed E-state index contributed by atoms with van der Waals surface area (Å²) in [5, 5.41) is 0. The van der Waals surface area contributed by atoms with E-state index in [-0.39, 0.29) is 0 Å². The van der Waals surface area contributed by atoms with Gasteiger partial charge in [-0.1, -0.05) is 33.8 Å². The van der Waals surface area contributed by atoms with Gasteiger partial charge < -0.3 is 0 Å². The van der Waals surface area contributed by atoms with Gasteiger partial charge in [0.15, 0.2) is 0 Å². The molecule has 0 atom stereocenters. The Morgan fingerprint density at radius 1 is 1.21 bits per heavy atom. The summed E-state index contributed by atoms with van der Waals surface area (Å²) < 4.78 is 0. The van der Waals surface area contributed by atoms with Gasteiger partial charge in [-0.15, -0.1) is 0 Å². The van der Waals surface area contributed by atoms with E-state index in [0.29, 0.717) is 11.8 Å². The Kier molecular flexibility index (Phi) is 7.45. The second-order valence-electron chi connectivity index (χ2n) is 4.37. The lowest BCUT2D eigenvalue weighted by Gasteiger charge is -2.09. The number of hydrogen-bond acceptors (Lipinski definition) is 1. The Hall–Kier alpha value is -0.590. The van der Waals surface area contributed by atoms with Crippen LogP contribution in [0.15, 0.2) is 11.6 Å². The monoisotopic (exact) mass is 196 g/mol. The third-order valence-electron chi connectivity index (χ3n) is 2.66. The smallest absolute Gasteiger partial charge is 0.145 e. The van der Waals surface area contributed by atoms with Gasteiger partial charge in [0.1, 0.15) is 6.29 Å². The molecule has 0 aliphatic rings. The van der Waals surface area contributed by atoms with Crippen molar-refractivity contribution >= 4 is 6.29 Å². The molecule has 0 heterocycles. The van der Waals surface area contributed by atoms with Crippen LogP contribution in [0, 0.1) is 11.8 Å². The van der Waals surface area contributed by atoms with Crippen molar-refractivity contribution in [3.63, 3.8) is 0 Å². The molecule has 1 heteroatoms. The van der Waals surface area contributed by atoms with Gasteiger partial charge in [0.05, 0.1) is 0 Å². The van der Waals surface area contributed by atoms with Crippen molar-refractivity contribution in [1.29, 1.82) is 0 Å². The third kappa shape index (κ3) is 5.95. The number of rotatable bonds is 7. The second kappa shape index (κ2) is 7.78. The number of carbonyl (C=O) groups excluding carboxylic acids is 1. The fourth-order valence-corrected chi connectivity index (χ4v) is 1.46. The Bertz CT molecular complexity index is 176. The third-order valence-corrected chi connectivity index (χ3v) is 2.66. The maximum absolute atomic E-state index is 10.8. The molecule has 14 heavy (non-hydrogen) atoms. The van der Waals surface area contributed by atoms with Gasteiger partial charge in [0.2, 0.25) is 0 Å². The first kappa shape index (κ1) is 13.4. The Morgan fingerprint density at radius 3 is 2.14 bits per heavy atom. The van der Waals surface area contributed by atoms with Crippen molar-refractivity contribution in [2.75, 3.05) is 0 Å². The first-order chi connectivity index (χ1) is 6.63. The molecule has 1 nitrogen and oxygen atoms in total. The Labute approximate surface area is 88.6 Å². The summed E-state index contributed by atoms with van der Waals surface area (Å²) in [6.45, 7) is 8.74. The molecule has 0 radical (unpaired) electrons. The van der Waals surface area contributed by atoms with Crippen LogP contribution in [0.1, 0.15) is 53.4 Å². The topological polar surface area (TPSA) is 17.1 Å². The molecule has 0 spiro atoms. The molecule has 0 saturated heterocycles. The van der Waals surface area contributed by atoms with Gasteiger partial charge in [-0.25, -0.2) is 0 Å². The molecule has 0 aromatic carbocycles. The largest absolute Gasteiger partial charge is 0.298 e. The van der Waals surface area contributed by atoms with Crippen molar-refractivity contribution in [1.82, 2.24) is 0 Å². The molecule has 0 unspecified atom stereocenters. The highest BCUT2D eigenvalue weighted by Gasteiger charge is 2.03. The molecule has 0 N–H and O–H groups in total. The van der Waals surface area contributed by atoms with Crippen LogP contribution >= 0.6 is 0 Å². The minimum Gasteiger partial charge on any atom is -0.298 e. The van der Waals surface area contributed by atoms with E-state index in [1.54, 1.807) is 0 Å². The molecule has 82 valence electrons. The molecule has 0 saturated carbocycles. The highest BCUT2D eigenvalue weighted by atomic mass is 16.1. The van der Waals surface area contributed by atoms with Crippen LogP contribution < -0.4 is 0 Å². The SMILES string of the molecule is CCC(/C=C(\C=O)CCC(C)C)CC. The zero-order valence-electron chi connectivity index (χ0n) is 10.0. The van der Waals surface area contributed by atoms with Gasteiger partial charge in [0, 0.05) is 0 Å². The van der Waals surface area contributed by atoms with Crippen molar-refractivity contribution in [2.45, 2.75) is 53.4 Å². The number of carbonyl (C=O) groups is 1. The van der Waals surface area contributed by atoms with Crippen molar-refractivity contribution in [2.24, 2.45) is 11.8 Å². The van der Waals surface area contributed by atoms with E-state index >= 15 is 0 Å². The van der Waals surface area contributed by atoms with Gasteiger partial charge in [-0.05, 0) is 43.1 Å². The van der Waals surface area contributed by atoms with Gasteiger partial charge >= 0.3 is 0 Å². The zero-order chi connectivity index (χ0) is 11.0. The van der Waals surface area contributed by atoms with Crippen LogP contribution in [0.25, 0.3) is 0 Å². The summed E-state index contributed by atoms with van der Waals surface area (Å²) in [6, 6.07) is 0. The normalized spacial score (nSPS) is 12.6. The van der Waals surface area contributed by atoms with E-state index in [1.165, 1.54) is 0 Å². The van der Waals surface area contributed by atoms with Gasteiger partial charge in [-0.3, -0.25) is 4.79 Å². The molecule has 0 fully saturated rings. The summed E-state index contributed by atoms with van der Waals surface area (Å²) in [5.41, 5.74) is 0.993. The Morgan fingerprint density at radius 2 is 1.79 bits per heavy atom. The number of allylic oxidation sites excluding steroid dienone is 2. The predicted octanol–water partition coefficient (Wildman–Crippen LogP) is 3.98. The summed E-state index contributed by atoms with van der Waals surface area (Å²) in [4.78, 5) is 10.8. The summed E-state index contributed by atoms with van der Waals surface area (Å²) in [6.07, 6.45) is 7.52. The standard InChI is InChI=1S/C13H24O/c1-5-12(6-2)9-13(10-14)8-7-11(3)4/h9-12H,5-8H2,1-4H3/b13-9-. The van der Waals surface area contributed by atoms with Crippen molar-refractivity contribution in [3.05, 3.63) is 11.6 Å². The van der Waals surface area contributed by atoms with Crippen LogP contribution in [-0.4, -0.2) is 6.29 Å². The minimum atomic E-state index is 0.586. The summed E-state index contributed by atoms with van der Waals surface area (Å²) >= 11 is 0. The van der Waals surface area contributed by atoms with Crippen LogP contribution in [0.4, 0.5) is 0 Å². The average molecular weight is 196 g/mol. The molecule has 0 aliphatic carbocycles.